The molecule has 8 heteroatoms. The molecule has 0 atom stereocenters. The summed E-state index contributed by atoms with van der Waals surface area (Å²) in [6.45, 7) is 3.28. The molecule has 0 aromatic carbocycles. The third-order valence-electron chi connectivity index (χ3n) is 3.29. The van der Waals surface area contributed by atoms with Gasteiger partial charge in [-0.3, -0.25) is 0 Å². The molecule has 0 aromatic heterocycles. The first-order valence-corrected chi connectivity index (χ1v) is 9.54. The van der Waals surface area contributed by atoms with Gasteiger partial charge in [0.05, 0.1) is 0 Å². The Morgan fingerprint density at radius 3 is 1.56 bits per heavy atom. The molecule has 0 aromatic rings. The van der Waals surface area contributed by atoms with Crippen molar-refractivity contribution in [2.75, 3.05) is 25.2 Å². The zero-order valence-corrected chi connectivity index (χ0v) is 11.5. The van der Waals surface area contributed by atoms with Gasteiger partial charge in [0.15, 0.2) is 0 Å². The summed E-state index contributed by atoms with van der Waals surface area (Å²) in [5.41, 5.74) is -5.34. The molecule has 16 heavy (non-hydrogen) atoms. The number of hydrogen-bond acceptors (Lipinski definition) is 3. The van der Waals surface area contributed by atoms with Crippen molar-refractivity contribution in [2.45, 2.75) is 26.3 Å². The van der Waals surface area contributed by atoms with Crippen LogP contribution < -0.4 is 0 Å². The molecule has 0 fully saturated rings. The minimum atomic E-state index is -5.49. The second-order valence-electron chi connectivity index (χ2n) is 4.11. The second-order valence-corrected chi connectivity index (χ2v) is 12.4. The fourth-order valence-electron chi connectivity index (χ4n) is 1.18. The van der Waals surface area contributed by atoms with E-state index in [0.29, 0.717) is 18.5 Å². The van der Waals surface area contributed by atoms with Gasteiger partial charge in [-0.25, -0.2) is 0 Å². The average Bonchev–Trinajstić information content (AvgIpc) is 2.16. The zero-order valence-electron chi connectivity index (χ0n) is 9.84. The van der Waals surface area contributed by atoms with Crippen molar-refractivity contribution in [1.29, 1.82) is 0 Å². The number of rotatable bonds is 5. The van der Waals surface area contributed by atoms with E-state index in [9.17, 15) is 21.6 Å². The molecule has 0 aliphatic carbocycles. The third-order valence-corrected chi connectivity index (χ3v) is 11.9. The van der Waals surface area contributed by atoms with Crippen molar-refractivity contribution in [3.8, 4) is 0 Å². The molecule has 0 heterocycles. The van der Waals surface area contributed by atoms with Crippen LogP contribution in [0.2, 0.25) is 0 Å². The predicted molar refractivity (Wildman–Crippen MR) is 60.5 cm³/mol. The van der Waals surface area contributed by atoms with Crippen molar-refractivity contribution in [3.63, 3.8) is 0 Å². The van der Waals surface area contributed by atoms with E-state index in [1.54, 1.807) is 20.8 Å². The Bertz CT molecular complexity index is 335. The van der Waals surface area contributed by atoms with Gasteiger partial charge in [-0.15, -0.1) is 0 Å². The van der Waals surface area contributed by atoms with Crippen LogP contribution in [-0.4, -0.2) is 39.1 Å². The van der Waals surface area contributed by atoms with E-state index in [4.69, 9.17) is 0 Å². The van der Waals surface area contributed by atoms with Crippen molar-refractivity contribution < 1.29 is 25.6 Å². The quantitative estimate of drug-likeness (QED) is 0.575. The molecule has 100 valence electrons. The molecule has 0 saturated heterocycles. The molecular formula is C8H18F3O3PS. The van der Waals surface area contributed by atoms with Crippen molar-refractivity contribution in [1.82, 2.24) is 0 Å². The Balaban J connectivity index is 5.40. The van der Waals surface area contributed by atoms with Gasteiger partial charge in [0.25, 0.3) is 0 Å². The van der Waals surface area contributed by atoms with Crippen LogP contribution in [-0.2, 0) is 14.1 Å². The van der Waals surface area contributed by atoms with Crippen LogP contribution in [0.5, 0.6) is 0 Å². The summed E-state index contributed by atoms with van der Waals surface area (Å²) in [7, 11) is -5.49. The van der Waals surface area contributed by atoms with Gasteiger partial charge in [-0.05, 0) is 0 Å². The van der Waals surface area contributed by atoms with E-state index < -0.39 is 22.5 Å². The van der Waals surface area contributed by atoms with Gasteiger partial charge >= 0.3 is 93.9 Å². The van der Waals surface area contributed by atoms with Gasteiger partial charge in [0.2, 0.25) is 0 Å². The van der Waals surface area contributed by atoms with Crippen molar-refractivity contribution >= 4 is 16.9 Å². The first-order chi connectivity index (χ1) is 6.94. The van der Waals surface area contributed by atoms with Crippen LogP contribution in [0.1, 0.15) is 20.8 Å². The Kier molecular flexibility index (Phi) is 4.46. The monoisotopic (exact) mass is 282 g/mol. The zero-order chi connectivity index (χ0) is 13.3. The van der Waals surface area contributed by atoms with Crippen LogP contribution in [0.4, 0.5) is 13.2 Å². The summed E-state index contributed by atoms with van der Waals surface area (Å²) in [4.78, 5) is 0. The summed E-state index contributed by atoms with van der Waals surface area (Å²) >= 11 is 0. The molecule has 0 N–H and O–H groups in total. The standard InChI is InChI=1S/C8H18F3O3PS/c1-5-15(4,6-2,7-3)14-16(12,13)8(9,10)11/h5-7H2,1-4H3. The van der Waals surface area contributed by atoms with Gasteiger partial charge < -0.3 is 0 Å². The fourth-order valence-corrected chi connectivity index (χ4v) is 6.57. The summed E-state index contributed by atoms with van der Waals surface area (Å²) < 4.78 is 63.4. The Labute approximate surface area is 94.5 Å². The number of hydrogen-bond donors (Lipinski definition) is 0. The molecule has 0 aliphatic rings. The van der Waals surface area contributed by atoms with Crippen LogP contribution in [0.25, 0.3) is 0 Å². The van der Waals surface area contributed by atoms with E-state index in [2.05, 4.69) is 3.97 Å². The molecule has 0 amide bonds. The fraction of sp³-hybridized carbons (Fsp3) is 1.00. The molecular weight excluding hydrogens is 264 g/mol. The average molecular weight is 282 g/mol. The van der Waals surface area contributed by atoms with Gasteiger partial charge in [-0.2, -0.15) is 0 Å². The van der Waals surface area contributed by atoms with E-state index in [1.165, 1.54) is 6.66 Å². The first kappa shape index (κ1) is 16.1. The van der Waals surface area contributed by atoms with E-state index in [1.807, 2.05) is 0 Å². The normalized spacial score (nSPS) is 16.8. The van der Waals surface area contributed by atoms with Gasteiger partial charge in [0.1, 0.15) is 0 Å². The van der Waals surface area contributed by atoms with Crippen LogP contribution in [0.3, 0.4) is 0 Å². The minimum absolute atomic E-state index is 0.313. The summed E-state index contributed by atoms with van der Waals surface area (Å²) in [6.07, 6.45) is 0.940. The maximum atomic E-state index is 12.3. The van der Waals surface area contributed by atoms with Crippen molar-refractivity contribution in [3.05, 3.63) is 0 Å². The summed E-state index contributed by atoms with van der Waals surface area (Å²) in [5, 5.41) is 0. The number of alkyl halides is 3. The van der Waals surface area contributed by atoms with Crippen LogP contribution in [0, 0.1) is 0 Å². The molecule has 0 saturated carbocycles. The molecule has 0 radical (unpaired) electrons. The Hall–Kier alpha value is 0.130. The number of halogens is 3. The van der Waals surface area contributed by atoms with E-state index in [-0.39, 0.29) is 0 Å². The molecule has 0 aliphatic heterocycles. The Morgan fingerprint density at radius 2 is 1.38 bits per heavy atom. The van der Waals surface area contributed by atoms with E-state index in [0.717, 1.165) is 0 Å². The van der Waals surface area contributed by atoms with E-state index >= 15 is 0 Å². The first-order valence-electron chi connectivity index (χ1n) is 4.97. The van der Waals surface area contributed by atoms with Crippen molar-refractivity contribution in [2.24, 2.45) is 0 Å². The Morgan fingerprint density at radius 1 is 1.06 bits per heavy atom. The summed E-state index contributed by atoms with van der Waals surface area (Å²) in [6, 6.07) is 0. The molecule has 0 spiro atoms. The summed E-state index contributed by atoms with van der Waals surface area (Å²) in [5.74, 6) is 0. The molecule has 0 rings (SSSR count). The molecule has 0 unspecified atom stereocenters. The second kappa shape index (κ2) is 4.42. The van der Waals surface area contributed by atoms with Gasteiger partial charge in [0, 0.05) is 0 Å². The topological polar surface area (TPSA) is 43.4 Å². The maximum absolute atomic E-state index is 12.3. The van der Waals surface area contributed by atoms with Crippen LogP contribution in [0.15, 0.2) is 0 Å². The van der Waals surface area contributed by atoms with Crippen LogP contribution >= 0.6 is 6.83 Å². The SMILES string of the molecule is CCP(C)(CC)(CC)OS(=O)(=O)C(F)(F)F. The predicted octanol–water partition coefficient (Wildman–Crippen LogP) is 3.01. The van der Waals surface area contributed by atoms with Gasteiger partial charge in [-0.1, -0.05) is 0 Å². The molecule has 3 nitrogen and oxygen atoms in total. The third kappa shape index (κ3) is 3.08. The molecule has 0 bridgehead atoms.